The molecule has 0 aromatic rings. The summed E-state index contributed by atoms with van der Waals surface area (Å²) in [6.45, 7) is 6.51. The highest BCUT2D eigenvalue weighted by molar-refractivity contribution is 5.14. The minimum atomic E-state index is -0.147. The second-order valence-corrected chi connectivity index (χ2v) is 4.92. The molecule has 1 saturated carbocycles. The van der Waals surface area contributed by atoms with Crippen LogP contribution in [0.5, 0.6) is 0 Å². The van der Waals surface area contributed by atoms with Crippen LogP contribution in [0.25, 0.3) is 0 Å². The van der Waals surface area contributed by atoms with Crippen LogP contribution in [0, 0.1) is 17.2 Å². The van der Waals surface area contributed by atoms with E-state index in [2.05, 4.69) is 23.2 Å². The van der Waals surface area contributed by atoms with Gasteiger partial charge >= 0.3 is 0 Å². The van der Waals surface area contributed by atoms with E-state index in [-0.39, 0.29) is 5.54 Å². The van der Waals surface area contributed by atoms with Crippen LogP contribution in [0.3, 0.4) is 0 Å². The average Bonchev–Trinajstić information content (AvgIpc) is 2.49. The van der Waals surface area contributed by atoms with Crippen molar-refractivity contribution in [2.24, 2.45) is 5.92 Å². The van der Waals surface area contributed by atoms with Crippen molar-refractivity contribution >= 4 is 0 Å². The monoisotopic (exact) mass is 207 g/mol. The smallest absolute Gasteiger partial charge is 0.111 e. The molecule has 0 aromatic carbocycles. The van der Waals surface area contributed by atoms with E-state index in [1.807, 2.05) is 0 Å². The van der Waals surface area contributed by atoms with Crippen molar-refractivity contribution in [3.63, 3.8) is 0 Å². The number of hydrogen-bond donors (Lipinski definition) is 1. The lowest BCUT2D eigenvalue weighted by Gasteiger charge is -2.38. The maximum atomic E-state index is 9.52. The molecule has 2 fully saturated rings. The fourth-order valence-electron chi connectivity index (χ4n) is 3.11. The van der Waals surface area contributed by atoms with Gasteiger partial charge in [-0.1, -0.05) is 13.3 Å². The van der Waals surface area contributed by atoms with E-state index in [0.29, 0.717) is 5.92 Å². The van der Waals surface area contributed by atoms with Gasteiger partial charge in [0.1, 0.15) is 5.54 Å². The topological polar surface area (TPSA) is 39.1 Å². The summed E-state index contributed by atoms with van der Waals surface area (Å²) in [4.78, 5) is 2.44. The second kappa shape index (κ2) is 4.51. The van der Waals surface area contributed by atoms with Crippen molar-refractivity contribution in [1.29, 1.82) is 5.26 Å². The molecule has 0 amide bonds. The molecule has 15 heavy (non-hydrogen) atoms. The Labute approximate surface area is 92.4 Å². The zero-order valence-electron chi connectivity index (χ0n) is 9.63. The molecular formula is C12H21N3. The van der Waals surface area contributed by atoms with E-state index in [1.54, 1.807) is 0 Å². The molecule has 0 aromatic heterocycles. The summed E-state index contributed by atoms with van der Waals surface area (Å²) >= 11 is 0. The highest BCUT2D eigenvalue weighted by Crippen LogP contribution is 2.39. The van der Waals surface area contributed by atoms with Crippen molar-refractivity contribution in [1.82, 2.24) is 10.2 Å². The largest absolute Gasteiger partial charge is 0.315 e. The molecule has 84 valence electrons. The zero-order valence-corrected chi connectivity index (χ0v) is 9.63. The van der Waals surface area contributed by atoms with Crippen LogP contribution < -0.4 is 5.32 Å². The molecule has 3 heteroatoms. The Bertz CT molecular complexity index is 250. The Balaban J connectivity index is 2.14. The number of hydrogen-bond acceptors (Lipinski definition) is 3. The maximum absolute atomic E-state index is 9.52. The molecule has 1 aliphatic heterocycles. The molecule has 1 N–H and O–H groups in total. The Morgan fingerprint density at radius 2 is 2.20 bits per heavy atom. The van der Waals surface area contributed by atoms with E-state index >= 15 is 0 Å². The Morgan fingerprint density at radius 3 is 2.87 bits per heavy atom. The van der Waals surface area contributed by atoms with Gasteiger partial charge in [0.25, 0.3) is 0 Å². The van der Waals surface area contributed by atoms with Gasteiger partial charge in [0.15, 0.2) is 0 Å². The number of nitrogens with one attached hydrogen (secondary N) is 1. The minimum absolute atomic E-state index is 0.147. The van der Waals surface area contributed by atoms with Gasteiger partial charge in [-0.3, -0.25) is 4.90 Å². The van der Waals surface area contributed by atoms with E-state index < -0.39 is 0 Å². The van der Waals surface area contributed by atoms with Gasteiger partial charge in [-0.2, -0.15) is 5.26 Å². The first-order valence-corrected chi connectivity index (χ1v) is 6.16. The molecule has 0 bridgehead atoms. The first-order valence-electron chi connectivity index (χ1n) is 6.16. The number of rotatable bonds is 1. The standard InChI is InChI=1S/C12H21N3/c1-11-4-2-5-12(11,10-13)15-8-3-6-14-7-9-15/h11,14H,2-9H2,1H3. The molecule has 0 radical (unpaired) electrons. The highest BCUT2D eigenvalue weighted by atomic mass is 15.2. The SMILES string of the molecule is CC1CCCC1(C#N)N1CCCNCC1. The zero-order chi connectivity index (χ0) is 10.7. The molecule has 1 aliphatic carbocycles. The van der Waals surface area contributed by atoms with E-state index in [4.69, 9.17) is 0 Å². The predicted molar refractivity (Wildman–Crippen MR) is 60.4 cm³/mol. The summed E-state index contributed by atoms with van der Waals surface area (Å²) < 4.78 is 0. The second-order valence-electron chi connectivity index (χ2n) is 4.92. The predicted octanol–water partition coefficient (Wildman–Crippen LogP) is 1.36. The third kappa shape index (κ3) is 1.89. The summed E-state index contributed by atoms with van der Waals surface area (Å²) in [6.07, 6.45) is 4.69. The Kier molecular flexibility index (Phi) is 3.28. The molecule has 3 nitrogen and oxygen atoms in total. The number of nitriles is 1. The van der Waals surface area contributed by atoms with Gasteiger partial charge in [0.05, 0.1) is 6.07 Å². The summed E-state index contributed by atoms with van der Waals surface area (Å²) in [7, 11) is 0. The molecule has 1 saturated heterocycles. The van der Waals surface area contributed by atoms with Crippen molar-refractivity contribution < 1.29 is 0 Å². The fraction of sp³-hybridized carbons (Fsp3) is 0.917. The van der Waals surface area contributed by atoms with Crippen LogP contribution in [-0.4, -0.2) is 36.6 Å². The van der Waals surface area contributed by atoms with Gasteiger partial charge in [0.2, 0.25) is 0 Å². The van der Waals surface area contributed by atoms with E-state index in [0.717, 1.165) is 32.6 Å². The minimum Gasteiger partial charge on any atom is -0.315 e. The molecule has 0 spiro atoms. The summed E-state index contributed by atoms with van der Waals surface area (Å²) in [6, 6.07) is 2.62. The molecule has 2 unspecified atom stereocenters. The summed E-state index contributed by atoms with van der Waals surface area (Å²) in [5.74, 6) is 0.542. The first kappa shape index (κ1) is 10.9. The van der Waals surface area contributed by atoms with Gasteiger partial charge in [-0.15, -0.1) is 0 Å². The van der Waals surface area contributed by atoms with Crippen LogP contribution in [0.4, 0.5) is 0 Å². The van der Waals surface area contributed by atoms with Crippen LogP contribution in [-0.2, 0) is 0 Å². The molecule has 2 atom stereocenters. The lowest BCUT2D eigenvalue weighted by atomic mass is 9.87. The third-order valence-electron chi connectivity index (χ3n) is 4.11. The van der Waals surface area contributed by atoms with Crippen molar-refractivity contribution in [2.45, 2.75) is 38.1 Å². The lowest BCUT2D eigenvalue weighted by Crippen LogP contribution is -2.50. The van der Waals surface area contributed by atoms with Gasteiger partial charge in [-0.25, -0.2) is 0 Å². The molecular weight excluding hydrogens is 186 g/mol. The summed E-state index contributed by atoms with van der Waals surface area (Å²) in [5.41, 5.74) is -0.147. The quantitative estimate of drug-likeness (QED) is 0.705. The van der Waals surface area contributed by atoms with Crippen LogP contribution in [0.2, 0.25) is 0 Å². The lowest BCUT2D eigenvalue weighted by molar-refractivity contribution is 0.114. The summed E-state index contributed by atoms with van der Waals surface area (Å²) in [5, 5.41) is 12.9. The first-order chi connectivity index (χ1) is 7.29. The Morgan fingerprint density at radius 1 is 1.33 bits per heavy atom. The maximum Gasteiger partial charge on any atom is 0.111 e. The van der Waals surface area contributed by atoms with Gasteiger partial charge in [0, 0.05) is 19.6 Å². The normalized spacial score (nSPS) is 38.5. The van der Waals surface area contributed by atoms with Crippen molar-refractivity contribution in [3.8, 4) is 6.07 Å². The molecule has 2 rings (SSSR count). The highest BCUT2D eigenvalue weighted by Gasteiger charge is 2.45. The van der Waals surface area contributed by atoms with Gasteiger partial charge in [-0.05, 0) is 31.7 Å². The van der Waals surface area contributed by atoms with Crippen LogP contribution >= 0.6 is 0 Å². The van der Waals surface area contributed by atoms with Crippen LogP contribution in [0.1, 0.15) is 32.6 Å². The third-order valence-corrected chi connectivity index (χ3v) is 4.11. The molecule has 1 heterocycles. The number of nitrogens with zero attached hydrogens (tertiary/aromatic N) is 2. The van der Waals surface area contributed by atoms with E-state index in [1.165, 1.54) is 19.3 Å². The van der Waals surface area contributed by atoms with E-state index in [9.17, 15) is 5.26 Å². The molecule has 2 aliphatic rings. The van der Waals surface area contributed by atoms with Crippen molar-refractivity contribution in [2.75, 3.05) is 26.2 Å². The average molecular weight is 207 g/mol. The van der Waals surface area contributed by atoms with Crippen molar-refractivity contribution in [3.05, 3.63) is 0 Å². The fourth-order valence-corrected chi connectivity index (χ4v) is 3.11. The Hall–Kier alpha value is -0.590. The van der Waals surface area contributed by atoms with Gasteiger partial charge < -0.3 is 5.32 Å². The van der Waals surface area contributed by atoms with Crippen LogP contribution in [0.15, 0.2) is 0 Å².